The third-order valence-electron chi connectivity index (χ3n) is 3.44. The van der Waals surface area contributed by atoms with Crippen LogP contribution in [0.5, 0.6) is 0 Å². The molecule has 0 aromatic heterocycles. The highest BCUT2D eigenvalue weighted by Gasteiger charge is 2.24. The van der Waals surface area contributed by atoms with Crippen molar-refractivity contribution in [1.82, 2.24) is 15.5 Å². The van der Waals surface area contributed by atoms with Gasteiger partial charge in [0.1, 0.15) is 0 Å². The molecule has 1 aromatic carbocycles. The van der Waals surface area contributed by atoms with E-state index in [4.69, 9.17) is 27.9 Å². The fourth-order valence-electron chi connectivity index (χ4n) is 2.36. The molecule has 0 aliphatic carbocycles. The van der Waals surface area contributed by atoms with Crippen LogP contribution < -0.4 is 10.6 Å². The Morgan fingerprint density at radius 2 is 2.04 bits per heavy atom. The Morgan fingerprint density at radius 1 is 1.29 bits per heavy atom. The van der Waals surface area contributed by atoms with E-state index in [1.807, 2.05) is 18.0 Å². The molecule has 0 saturated heterocycles. The average molecular weight is 372 g/mol. The highest BCUT2D eigenvalue weighted by atomic mass is 35.5. The van der Waals surface area contributed by atoms with Gasteiger partial charge in [0.05, 0.1) is 28.8 Å². The Labute approximate surface area is 150 Å². The summed E-state index contributed by atoms with van der Waals surface area (Å²) < 4.78 is 5.04. The molecule has 0 radical (unpaired) electrons. The van der Waals surface area contributed by atoms with Crippen molar-refractivity contribution in [2.75, 3.05) is 26.7 Å². The summed E-state index contributed by atoms with van der Waals surface area (Å²) in [7, 11) is 1.88. The second-order valence-corrected chi connectivity index (χ2v) is 6.22. The summed E-state index contributed by atoms with van der Waals surface area (Å²) in [5.41, 5.74) is 1.95. The molecule has 0 bridgehead atoms. The van der Waals surface area contributed by atoms with Crippen molar-refractivity contribution in [3.05, 3.63) is 45.1 Å². The van der Waals surface area contributed by atoms with Crippen LogP contribution in [0.25, 0.3) is 0 Å². The zero-order chi connectivity index (χ0) is 17.7. The number of hydrogen-bond acceptors (Lipinski definition) is 4. The number of benzene rings is 1. The molecule has 1 aromatic rings. The SMILES string of the molecule is CCOC(=O)C1=C(CN(C)Cc2ccc(Cl)c(Cl)c2)NC(=O)NC1. The van der Waals surface area contributed by atoms with Gasteiger partial charge in [-0.2, -0.15) is 0 Å². The first-order chi connectivity index (χ1) is 11.4. The number of rotatable bonds is 6. The minimum atomic E-state index is -0.428. The Kier molecular flexibility index (Phi) is 6.48. The van der Waals surface area contributed by atoms with Gasteiger partial charge in [-0.15, -0.1) is 0 Å². The zero-order valence-electron chi connectivity index (χ0n) is 13.5. The van der Waals surface area contributed by atoms with E-state index in [0.717, 1.165) is 5.56 Å². The topological polar surface area (TPSA) is 70.7 Å². The van der Waals surface area contributed by atoms with Crippen LogP contribution in [0.15, 0.2) is 29.5 Å². The van der Waals surface area contributed by atoms with Crippen LogP contribution in [0.1, 0.15) is 12.5 Å². The van der Waals surface area contributed by atoms with Gasteiger partial charge in [0.2, 0.25) is 0 Å². The van der Waals surface area contributed by atoms with Crippen LogP contribution in [0.4, 0.5) is 4.79 Å². The smallest absolute Gasteiger partial charge is 0.337 e. The zero-order valence-corrected chi connectivity index (χ0v) is 15.0. The second kappa shape index (κ2) is 8.37. The number of carbonyl (C=O) groups excluding carboxylic acids is 2. The number of ether oxygens (including phenoxy) is 1. The largest absolute Gasteiger partial charge is 0.463 e. The standard InChI is InChI=1S/C16H19Cl2N3O3/c1-3-24-15(22)11-7-19-16(23)20-14(11)9-21(2)8-10-4-5-12(17)13(18)6-10/h4-6H,3,7-9H2,1-2H3,(H2,19,20,23). The first kappa shape index (κ1) is 18.6. The number of esters is 1. The molecule has 0 unspecified atom stereocenters. The molecule has 24 heavy (non-hydrogen) atoms. The number of nitrogens with one attached hydrogen (secondary N) is 2. The summed E-state index contributed by atoms with van der Waals surface area (Å²) in [4.78, 5) is 25.5. The summed E-state index contributed by atoms with van der Waals surface area (Å²) in [6, 6.07) is 5.08. The number of amides is 2. The van der Waals surface area contributed by atoms with E-state index in [0.29, 0.717) is 34.4 Å². The number of likely N-dealkylation sites (N-methyl/N-ethyl adjacent to an activating group) is 1. The summed E-state index contributed by atoms with van der Waals surface area (Å²) in [5.74, 6) is -0.428. The van der Waals surface area contributed by atoms with E-state index in [9.17, 15) is 9.59 Å². The maximum atomic E-state index is 12.0. The Bertz CT molecular complexity index is 677. The van der Waals surface area contributed by atoms with Gasteiger partial charge >= 0.3 is 12.0 Å². The number of urea groups is 1. The van der Waals surface area contributed by atoms with Crippen molar-refractivity contribution in [1.29, 1.82) is 0 Å². The lowest BCUT2D eigenvalue weighted by molar-refractivity contribution is -0.138. The lowest BCUT2D eigenvalue weighted by atomic mass is 10.1. The van der Waals surface area contributed by atoms with Gasteiger partial charge in [-0.05, 0) is 31.7 Å². The molecule has 1 heterocycles. The molecule has 0 fully saturated rings. The summed E-state index contributed by atoms with van der Waals surface area (Å²) >= 11 is 11.9. The van der Waals surface area contributed by atoms with Gasteiger partial charge < -0.3 is 15.4 Å². The van der Waals surface area contributed by atoms with Crippen molar-refractivity contribution in [3.63, 3.8) is 0 Å². The van der Waals surface area contributed by atoms with Crippen molar-refractivity contribution in [3.8, 4) is 0 Å². The van der Waals surface area contributed by atoms with Crippen LogP contribution in [0, 0.1) is 0 Å². The molecule has 8 heteroatoms. The minimum absolute atomic E-state index is 0.153. The van der Waals surface area contributed by atoms with Gasteiger partial charge in [-0.25, -0.2) is 9.59 Å². The normalized spacial score (nSPS) is 14.5. The maximum Gasteiger partial charge on any atom is 0.337 e. The molecule has 1 aliphatic heterocycles. The van der Waals surface area contributed by atoms with Crippen LogP contribution >= 0.6 is 23.2 Å². The second-order valence-electron chi connectivity index (χ2n) is 5.41. The molecule has 2 rings (SSSR count). The van der Waals surface area contributed by atoms with Crippen LogP contribution in [0.2, 0.25) is 10.0 Å². The maximum absolute atomic E-state index is 12.0. The molecule has 130 valence electrons. The Hall–Kier alpha value is -1.76. The van der Waals surface area contributed by atoms with E-state index >= 15 is 0 Å². The predicted molar refractivity (Wildman–Crippen MR) is 93.0 cm³/mol. The van der Waals surface area contributed by atoms with Crippen LogP contribution in [0.3, 0.4) is 0 Å². The Balaban J connectivity index is 2.11. The van der Waals surface area contributed by atoms with Gasteiger partial charge in [-0.1, -0.05) is 29.3 Å². The first-order valence-corrected chi connectivity index (χ1v) is 8.22. The number of halogens is 2. The molecule has 0 spiro atoms. The molecular formula is C16H19Cl2N3O3. The molecule has 1 aliphatic rings. The number of hydrogen-bond donors (Lipinski definition) is 2. The average Bonchev–Trinajstić information content (AvgIpc) is 2.51. The quantitative estimate of drug-likeness (QED) is 0.753. The van der Waals surface area contributed by atoms with Gasteiger partial charge in [0.25, 0.3) is 0 Å². The van der Waals surface area contributed by atoms with Crippen molar-refractivity contribution in [2.45, 2.75) is 13.5 Å². The summed E-state index contributed by atoms with van der Waals surface area (Å²) in [6.07, 6.45) is 0. The predicted octanol–water partition coefficient (Wildman–Crippen LogP) is 2.56. The van der Waals surface area contributed by atoms with Crippen molar-refractivity contribution >= 4 is 35.2 Å². The monoisotopic (exact) mass is 371 g/mol. The molecule has 2 N–H and O–H groups in total. The fraction of sp³-hybridized carbons (Fsp3) is 0.375. The van der Waals surface area contributed by atoms with E-state index in [2.05, 4.69) is 10.6 Å². The third-order valence-corrected chi connectivity index (χ3v) is 4.18. The van der Waals surface area contributed by atoms with Gasteiger partial charge in [0.15, 0.2) is 0 Å². The third kappa shape index (κ3) is 4.87. The van der Waals surface area contributed by atoms with Crippen LogP contribution in [-0.4, -0.2) is 43.6 Å². The van der Waals surface area contributed by atoms with Gasteiger partial charge in [-0.3, -0.25) is 4.90 Å². The van der Waals surface area contributed by atoms with E-state index in [1.54, 1.807) is 19.1 Å². The minimum Gasteiger partial charge on any atom is -0.463 e. The molecule has 2 amide bonds. The lowest BCUT2D eigenvalue weighted by Gasteiger charge is -2.25. The highest BCUT2D eigenvalue weighted by Crippen LogP contribution is 2.23. The lowest BCUT2D eigenvalue weighted by Crippen LogP contribution is -2.46. The summed E-state index contributed by atoms with van der Waals surface area (Å²) in [6.45, 7) is 3.15. The Morgan fingerprint density at radius 3 is 2.71 bits per heavy atom. The van der Waals surface area contributed by atoms with E-state index in [1.165, 1.54) is 0 Å². The highest BCUT2D eigenvalue weighted by molar-refractivity contribution is 6.42. The van der Waals surface area contributed by atoms with Crippen molar-refractivity contribution < 1.29 is 14.3 Å². The molecular weight excluding hydrogens is 353 g/mol. The van der Waals surface area contributed by atoms with Crippen LogP contribution in [-0.2, 0) is 16.1 Å². The fourth-order valence-corrected chi connectivity index (χ4v) is 2.68. The number of carbonyl (C=O) groups is 2. The van der Waals surface area contributed by atoms with E-state index in [-0.39, 0.29) is 19.2 Å². The first-order valence-electron chi connectivity index (χ1n) is 7.47. The molecule has 0 atom stereocenters. The van der Waals surface area contributed by atoms with Crippen molar-refractivity contribution in [2.24, 2.45) is 0 Å². The molecule has 6 nitrogen and oxygen atoms in total. The number of nitrogens with zero attached hydrogens (tertiary/aromatic N) is 1. The van der Waals surface area contributed by atoms with Gasteiger partial charge in [0, 0.05) is 18.8 Å². The van der Waals surface area contributed by atoms with E-state index < -0.39 is 5.97 Å². The molecule has 0 saturated carbocycles. The summed E-state index contributed by atoms with van der Waals surface area (Å²) in [5, 5.41) is 6.25.